The molecule has 0 fully saturated rings. The van der Waals surface area contributed by atoms with Crippen molar-refractivity contribution in [2.24, 2.45) is 0 Å². The van der Waals surface area contributed by atoms with Crippen LogP contribution in [0.3, 0.4) is 0 Å². The van der Waals surface area contributed by atoms with Gasteiger partial charge in [-0.3, -0.25) is 19.6 Å². The fourth-order valence-corrected chi connectivity index (χ4v) is 2.11. The van der Waals surface area contributed by atoms with Gasteiger partial charge in [0.15, 0.2) is 0 Å². The summed E-state index contributed by atoms with van der Waals surface area (Å²) in [5.74, 6) is -0.479. The van der Waals surface area contributed by atoms with E-state index in [1.54, 1.807) is 36.5 Å². The standard InChI is InChI=1S/C18H20N4O2/c1-3-8-21-17(23)16-13-15(6-11-20-16)18(24)22(2)12-7-14-4-9-19-10-5-14/h3-6,9-11,13H,1,7-8,12H2,2H3,(H,21,23). The lowest BCUT2D eigenvalue weighted by molar-refractivity contribution is 0.0796. The molecule has 0 radical (unpaired) electrons. The molecule has 0 aliphatic carbocycles. The van der Waals surface area contributed by atoms with Gasteiger partial charge in [-0.15, -0.1) is 6.58 Å². The molecular weight excluding hydrogens is 304 g/mol. The Hall–Kier alpha value is -3.02. The van der Waals surface area contributed by atoms with E-state index in [0.29, 0.717) is 18.7 Å². The van der Waals surface area contributed by atoms with Crippen LogP contribution in [-0.4, -0.2) is 46.8 Å². The first kappa shape index (κ1) is 17.3. The fourth-order valence-electron chi connectivity index (χ4n) is 2.11. The van der Waals surface area contributed by atoms with E-state index >= 15 is 0 Å². The van der Waals surface area contributed by atoms with Gasteiger partial charge in [0, 0.05) is 44.3 Å². The summed E-state index contributed by atoms with van der Waals surface area (Å²) in [5, 5.41) is 2.64. The lowest BCUT2D eigenvalue weighted by atomic mass is 10.1. The fraction of sp³-hybridized carbons (Fsp3) is 0.222. The molecule has 0 aromatic carbocycles. The molecule has 2 aromatic heterocycles. The number of carbonyl (C=O) groups excluding carboxylic acids is 2. The van der Waals surface area contributed by atoms with Crippen molar-refractivity contribution in [2.75, 3.05) is 20.1 Å². The van der Waals surface area contributed by atoms with Gasteiger partial charge in [-0.05, 0) is 36.2 Å². The first-order valence-corrected chi connectivity index (χ1v) is 7.61. The van der Waals surface area contributed by atoms with Gasteiger partial charge in [-0.2, -0.15) is 0 Å². The maximum atomic E-state index is 12.5. The van der Waals surface area contributed by atoms with Crippen LogP contribution in [0.15, 0.2) is 55.5 Å². The number of carbonyl (C=O) groups is 2. The van der Waals surface area contributed by atoms with E-state index in [9.17, 15) is 9.59 Å². The number of pyridine rings is 2. The highest BCUT2D eigenvalue weighted by Crippen LogP contribution is 2.07. The second-order valence-electron chi connectivity index (χ2n) is 5.26. The van der Waals surface area contributed by atoms with E-state index in [1.807, 2.05) is 12.1 Å². The molecule has 0 aliphatic heterocycles. The zero-order chi connectivity index (χ0) is 17.4. The molecule has 0 saturated heterocycles. The SMILES string of the molecule is C=CCNC(=O)c1cc(C(=O)N(C)CCc2ccncc2)ccn1. The topological polar surface area (TPSA) is 75.2 Å². The van der Waals surface area contributed by atoms with Crippen molar-refractivity contribution in [3.8, 4) is 0 Å². The quantitative estimate of drug-likeness (QED) is 0.787. The van der Waals surface area contributed by atoms with Crippen molar-refractivity contribution in [3.63, 3.8) is 0 Å². The van der Waals surface area contributed by atoms with Crippen molar-refractivity contribution >= 4 is 11.8 Å². The molecule has 6 nitrogen and oxygen atoms in total. The van der Waals surface area contributed by atoms with E-state index in [4.69, 9.17) is 0 Å². The van der Waals surface area contributed by atoms with Crippen molar-refractivity contribution < 1.29 is 9.59 Å². The van der Waals surface area contributed by atoms with Crippen LogP contribution >= 0.6 is 0 Å². The van der Waals surface area contributed by atoms with Crippen LogP contribution in [0.4, 0.5) is 0 Å². The van der Waals surface area contributed by atoms with Crippen LogP contribution < -0.4 is 5.32 Å². The first-order valence-electron chi connectivity index (χ1n) is 7.61. The Kier molecular flexibility index (Phi) is 6.19. The Morgan fingerprint density at radius 1 is 1.25 bits per heavy atom. The largest absolute Gasteiger partial charge is 0.347 e. The molecule has 1 N–H and O–H groups in total. The zero-order valence-corrected chi connectivity index (χ0v) is 13.6. The lowest BCUT2D eigenvalue weighted by Crippen LogP contribution is -2.30. The highest BCUT2D eigenvalue weighted by molar-refractivity contribution is 5.98. The van der Waals surface area contributed by atoms with Crippen molar-refractivity contribution in [3.05, 3.63) is 72.3 Å². The predicted molar refractivity (Wildman–Crippen MR) is 91.7 cm³/mol. The summed E-state index contributed by atoms with van der Waals surface area (Å²) in [6.07, 6.45) is 7.25. The Bertz CT molecular complexity index is 716. The number of hydrogen-bond acceptors (Lipinski definition) is 4. The molecule has 24 heavy (non-hydrogen) atoms. The minimum Gasteiger partial charge on any atom is -0.347 e. The molecule has 2 heterocycles. The van der Waals surface area contributed by atoms with Gasteiger partial charge >= 0.3 is 0 Å². The highest BCUT2D eigenvalue weighted by Gasteiger charge is 2.14. The number of aromatic nitrogens is 2. The summed E-state index contributed by atoms with van der Waals surface area (Å²) in [5.41, 5.74) is 1.76. The maximum Gasteiger partial charge on any atom is 0.270 e. The molecule has 0 bridgehead atoms. The Balaban J connectivity index is 2.00. The molecule has 0 saturated carbocycles. The number of likely N-dealkylation sites (N-methyl/N-ethyl adjacent to an activating group) is 1. The molecule has 0 unspecified atom stereocenters. The Morgan fingerprint density at radius 2 is 2.00 bits per heavy atom. The van der Waals surface area contributed by atoms with E-state index < -0.39 is 0 Å². The van der Waals surface area contributed by atoms with E-state index in [-0.39, 0.29) is 17.5 Å². The van der Waals surface area contributed by atoms with Gasteiger partial charge in [0.25, 0.3) is 11.8 Å². The van der Waals surface area contributed by atoms with E-state index in [2.05, 4.69) is 21.9 Å². The summed E-state index contributed by atoms with van der Waals surface area (Å²) in [7, 11) is 1.74. The number of hydrogen-bond donors (Lipinski definition) is 1. The van der Waals surface area contributed by atoms with Gasteiger partial charge in [-0.1, -0.05) is 6.08 Å². The molecule has 124 valence electrons. The van der Waals surface area contributed by atoms with E-state index in [1.165, 1.54) is 12.3 Å². The minimum atomic E-state index is -0.330. The minimum absolute atomic E-state index is 0.149. The summed E-state index contributed by atoms with van der Waals surface area (Å²) in [6, 6.07) is 6.96. The molecule has 6 heteroatoms. The zero-order valence-electron chi connectivity index (χ0n) is 13.6. The predicted octanol–water partition coefficient (Wildman–Crippen LogP) is 1.71. The van der Waals surface area contributed by atoms with Gasteiger partial charge < -0.3 is 10.2 Å². The van der Waals surface area contributed by atoms with Gasteiger partial charge in [-0.25, -0.2) is 0 Å². The van der Waals surface area contributed by atoms with Crippen molar-refractivity contribution in [1.82, 2.24) is 20.2 Å². The number of amides is 2. The average molecular weight is 324 g/mol. The Morgan fingerprint density at radius 3 is 2.71 bits per heavy atom. The average Bonchev–Trinajstić information content (AvgIpc) is 2.64. The normalized spacial score (nSPS) is 10.0. The summed E-state index contributed by atoms with van der Waals surface area (Å²) in [4.78, 5) is 34.0. The van der Waals surface area contributed by atoms with E-state index in [0.717, 1.165) is 12.0 Å². The molecule has 0 spiro atoms. The third-order valence-corrected chi connectivity index (χ3v) is 3.48. The second kappa shape index (κ2) is 8.57. The molecule has 2 aromatic rings. The van der Waals surface area contributed by atoms with Crippen LogP contribution in [0.1, 0.15) is 26.4 Å². The summed E-state index contributed by atoms with van der Waals surface area (Å²) >= 11 is 0. The second-order valence-corrected chi connectivity index (χ2v) is 5.26. The smallest absolute Gasteiger partial charge is 0.270 e. The van der Waals surface area contributed by atoms with Gasteiger partial charge in [0.1, 0.15) is 5.69 Å². The van der Waals surface area contributed by atoms with Gasteiger partial charge in [0.05, 0.1) is 0 Å². The number of nitrogens with zero attached hydrogens (tertiary/aromatic N) is 3. The molecule has 0 atom stereocenters. The third-order valence-electron chi connectivity index (χ3n) is 3.48. The van der Waals surface area contributed by atoms with Crippen molar-refractivity contribution in [2.45, 2.75) is 6.42 Å². The van der Waals surface area contributed by atoms with Crippen LogP contribution in [0.5, 0.6) is 0 Å². The Labute approximate surface area is 141 Å². The monoisotopic (exact) mass is 324 g/mol. The van der Waals surface area contributed by atoms with Crippen LogP contribution in [0.25, 0.3) is 0 Å². The summed E-state index contributed by atoms with van der Waals surface area (Å²) in [6.45, 7) is 4.47. The first-order chi connectivity index (χ1) is 11.6. The maximum absolute atomic E-state index is 12.5. The summed E-state index contributed by atoms with van der Waals surface area (Å²) < 4.78 is 0. The third kappa shape index (κ3) is 4.74. The highest BCUT2D eigenvalue weighted by atomic mass is 16.2. The van der Waals surface area contributed by atoms with Crippen LogP contribution in [0, 0.1) is 0 Å². The van der Waals surface area contributed by atoms with Crippen LogP contribution in [-0.2, 0) is 6.42 Å². The molecular formula is C18H20N4O2. The van der Waals surface area contributed by atoms with Crippen molar-refractivity contribution in [1.29, 1.82) is 0 Å². The van der Waals surface area contributed by atoms with Crippen LogP contribution in [0.2, 0.25) is 0 Å². The molecule has 2 amide bonds. The number of rotatable bonds is 7. The van der Waals surface area contributed by atoms with Gasteiger partial charge in [0.2, 0.25) is 0 Å². The molecule has 2 rings (SSSR count). The number of nitrogens with one attached hydrogen (secondary N) is 1. The molecule has 0 aliphatic rings. The lowest BCUT2D eigenvalue weighted by Gasteiger charge is -2.17.